The topological polar surface area (TPSA) is 0 Å². The summed E-state index contributed by atoms with van der Waals surface area (Å²) in [5, 5.41) is 10.7. The van der Waals surface area contributed by atoms with Gasteiger partial charge in [-0.1, -0.05) is 234 Å². The van der Waals surface area contributed by atoms with E-state index < -0.39 is 0 Å². The van der Waals surface area contributed by atoms with Gasteiger partial charge in [0.05, 0.1) is 0 Å². The standard InChI is InChI=1S/4C12H12.4C2H6/c1-9-3-5-12-8-10(2)4-6-11(12)7-9;1-9-3-5-11-6-4-10(2)8-12(11)7-9;1-9-6-7-12-10(2)4-3-5-11(12)8-9;1-9-7-10(2)12-6-4-3-5-11(12)8-9;4*1-2/h4*3-8H,1-2H3;4*1-2H3. The lowest BCUT2D eigenvalue weighted by atomic mass is 10.0. The molecule has 0 bridgehead atoms. The first-order valence-electron chi connectivity index (χ1n) is 20.9. The van der Waals surface area contributed by atoms with E-state index in [2.05, 4.69) is 201 Å². The third-order valence-corrected chi connectivity index (χ3v) is 8.77. The third-order valence-electron chi connectivity index (χ3n) is 8.77. The van der Waals surface area contributed by atoms with Crippen molar-refractivity contribution in [3.63, 3.8) is 0 Å². The minimum absolute atomic E-state index is 1.33. The molecule has 8 aromatic rings. The van der Waals surface area contributed by atoms with E-state index in [0.717, 1.165) is 0 Å². The van der Waals surface area contributed by atoms with Gasteiger partial charge in [0, 0.05) is 0 Å². The van der Waals surface area contributed by atoms with Gasteiger partial charge in [0.2, 0.25) is 0 Å². The Morgan fingerprint density at radius 1 is 0.214 bits per heavy atom. The number of hydrogen-bond acceptors (Lipinski definition) is 0. The summed E-state index contributed by atoms with van der Waals surface area (Å²) in [4.78, 5) is 0. The Kier molecular flexibility index (Phi) is 23.2. The van der Waals surface area contributed by atoms with Crippen LogP contribution in [0.3, 0.4) is 0 Å². The van der Waals surface area contributed by atoms with Gasteiger partial charge in [0.15, 0.2) is 0 Å². The molecular formula is C56H72. The molecule has 0 aromatic heterocycles. The van der Waals surface area contributed by atoms with Crippen LogP contribution in [0.2, 0.25) is 0 Å². The number of hydrogen-bond donors (Lipinski definition) is 0. The maximum atomic E-state index is 2.22. The molecule has 0 saturated carbocycles. The third kappa shape index (κ3) is 15.5. The van der Waals surface area contributed by atoms with Gasteiger partial charge in [-0.25, -0.2) is 0 Å². The van der Waals surface area contributed by atoms with Crippen LogP contribution in [0.15, 0.2) is 146 Å². The summed E-state index contributed by atoms with van der Waals surface area (Å²) < 4.78 is 0. The number of rotatable bonds is 0. The number of benzene rings is 8. The van der Waals surface area contributed by atoms with Crippen LogP contribution < -0.4 is 0 Å². The zero-order chi connectivity index (χ0) is 42.2. The molecule has 0 aliphatic rings. The maximum Gasteiger partial charge on any atom is -0.0155 e. The van der Waals surface area contributed by atoms with Gasteiger partial charge in [0.25, 0.3) is 0 Å². The highest BCUT2D eigenvalue weighted by Gasteiger charge is 1.97. The van der Waals surface area contributed by atoms with Crippen LogP contribution in [-0.2, 0) is 0 Å². The minimum Gasteiger partial charge on any atom is -0.0683 e. The predicted molar refractivity (Wildman–Crippen MR) is 259 cm³/mol. The second-order valence-electron chi connectivity index (χ2n) is 13.3. The summed E-state index contributed by atoms with van der Waals surface area (Å²) >= 11 is 0. The van der Waals surface area contributed by atoms with E-state index in [0.29, 0.717) is 0 Å². The van der Waals surface area contributed by atoms with Crippen molar-refractivity contribution in [3.05, 3.63) is 190 Å². The van der Waals surface area contributed by atoms with Crippen molar-refractivity contribution in [2.24, 2.45) is 0 Å². The smallest absolute Gasteiger partial charge is 0.0155 e. The molecular weight excluding hydrogens is 673 g/mol. The van der Waals surface area contributed by atoms with Gasteiger partial charge in [-0.15, -0.1) is 0 Å². The average molecular weight is 745 g/mol. The molecule has 0 spiro atoms. The van der Waals surface area contributed by atoms with E-state index in [-0.39, 0.29) is 0 Å². The zero-order valence-corrected chi connectivity index (χ0v) is 37.9. The Labute approximate surface area is 342 Å². The molecule has 0 unspecified atom stereocenters. The quantitative estimate of drug-likeness (QED) is 0.145. The Hall–Kier alpha value is -5.20. The molecule has 0 aliphatic carbocycles. The summed E-state index contributed by atoms with van der Waals surface area (Å²) in [7, 11) is 0. The van der Waals surface area contributed by atoms with E-state index in [1.54, 1.807) is 0 Å². The summed E-state index contributed by atoms with van der Waals surface area (Å²) in [5.41, 5.74) is 10.7. The molecule has 0 radical (unpaired) electrons. The van der Waals surface area contributed by atoms with Crippen LogP contribution in [0.5, 0.6) is 0 Å². The Morgan fingerprint density at radius 3 is 1.04 bits per heavy atom. The van der Waals surface area contributed by atoms with Crippen LogP contribution in [-0.4, -0.2) is 0 Å². The van der Waals surface area contributed by atoms with Crippen LogP contribution in [0, 0.1) is 55.4 Å². The maximum absolute atomic E-state index is 2.22. The van der Waals surface area contributed by atoms with Crippen LogP contribution >= 0.6 is 0 Å². The normalized spacial score (nSPS) is 9.43. The Morgan fingerprint density at radius 2 is 0.554 bits per heavy atom. The van der Waals surface area contributed by atoms with Crippen molar-refractivity contribution in [1.82, 2.24) is 0 Å². The SMILES string of the molecule is CC.CC.CC.CC.Cc1cc(C)c2ccccc2c1.Cc1ccc2c(C)cccc2c1.Cc1ccc2cc(C)ccc2c1.Cc1ccc2ccc(C)cc2c1. The molecule has 0 heteroatoms. The number of aryl methyl sites for hydroxylation is 8. The molecule has 296 valence electrons. The van der Waals surface area contributed by atoms with Gasteiger partial charge in [-0.2, -0.15) is 0 Å². The van der Waals surface area contributed by atoms with Crippen molar-refractivity contribution < 1.29 is 0 Å². The van der Waals surface area contributed by atoms with Crippen molar-refractivity contribution in [2.75, 3.05) is 0 Å². The average Bonchev–Trinajstić information content (AvgIpc) is 3.21. The fourth-order valence-corrected chi connectivity index (χ4v) is 6.22. The summed E-state index contributed by atoms with van der Waals surface area (Å²) in [6, 6.07) is 52.1. The largest absolute Gasteiger partial charge is 0.0683 e. The molecule has 56 heavy (non-hydrogen) atoms. The molecule has 8 aromatic carbocycles. The monoisotopic (exact) mass is 745 g/mol. The van der Waals surface area contributed by atoms with Crippen LogP contribution in [0.1, 0.15) is 99.9 Å². The first-order valence-corrected chi connectivity index (χ1v) is 20.9. The van der Waals surface area contributed by atoms with E-state index in [9.17, 15) is 0 Å². The molecule has 0 saturated heterocycles. The molecule has 0 N–H and O–H groups in total. The van der Waals surface area contributed by atoms with E-state index in [1.807, 2.05) is 55.4 Å². The fraction of sp³-hybridized carbons (Fsp3) is 0.286. The predicted octanol–water partition coefficient (Wildman–Crippen LogP) is 17.9. The van der Waals surface area contributed by atoms with Crippen molar-refractivity contribution >= 4 is 43.1 Å². The summed E-state index contributed by atoms with van der Waals surface area (Å²) in [6.45, 7) is 33.1. The lowest BCUT2D eigenvalue weighted by Crippen LogP contribution is -1.80. The minimum atomic E-state index is 1.33. The molecule has 0 heterocycles. The second kappa shape index (κ2) is 26.6. The van der Waals surface area contributed by atoms with E-state index >= 15 is 0 Å². The lowest BCUT2D eigenvalue weighted by molar-refractivity contribution is 1.43. The van der Waals surface area contributed by atoms with Crippen LogP contribution in [0.4, 0.5) is 0 Å². The molecule has 0 atom stereocenters. The second-order valence-corrected chi connectivity index (χ2v) is 13.3. The highest BCUT2D eigenvalue weighted by molar-refractivity contribution is 5.87. The highest BCUT2D eigenvalue weighted by atomic mass is 14.0. The van der Waals surface area contributed by atoms with Crippen LogP contribution in [0.25, 0.3) is 43.1 Å². The van der Waals surface area contributed by atoms with Gasteiger partial charge in [-0.3, -0.25) is 0 Å². The summed E-state index contributed by atoms with van der Waals surface area (Å²) in [6.07, 6.45) is 0. The summed E-state index contributed by atoms with van der Waals surface area (Å²) in [5.74, 6) is 0. The van der Waals surface area contributed by atoms with Gasteiger partial charge in [-0.05, 0) is 110 Å². The van der Waals surface area contributed by atoms with E-state index in [4.69, 9.17) is 0 Å². The first-order chi connectivity index (χ1) is 27.0. The van der Waals surface area contributed by atoms with Crippen molar-refractivity contribution in [1.29, 1.82) is 0 Å². The molecule has 0 fully saturated rings. The Bertz CT molecular complexity index is 2210. The zero-order valence-electron chi connectivity index (χ0n) is 37.9. The first kappa shape index (κ1) is 48.8. The van der Waals surface area contributed by atoms with Gasteiger partial charge in [0.1, 0.15) is 0 Å². The van der Waals surface area contributed by atoms with Gasteiger partial charge >= 0.3 is 0 Å². The molecule has 8 rings (SSSR count). The highest BCUT2D eigenvalue weighted by Crippen LogP contribution is 2.21. The molecule has 0 nitrogen and oxygen atoms in total. The fourth-order valence-electron chi connectivity index (χ4n) is 6.22. The molecule has 0 amide bonds. The molecule has 0 aliphatic heterocycles. The van der Waals surface area contributed by atoms with Gasteiger partial charge < -0.3 is 0 Å². The Balaban J connectivity index is 0.000000352. The number of fused-ring (bicyclic) bond motifs is 4. The lowest BCUT2D eigenvalue weighted by Gasteiger charge is -2.02. The van der Waals surface area contributed by atoms with Crippen molar-refractivity contribution in [3.8, 4) is 0 Å². The van der Waals surface area contributed by atoms with E-state index in [1.165, 1.54) is 87.6 Å². The van der Waals surface area contributed by atoms with Crippen molar-refractivity contribution in [2.45, 2.75) is 111 Å².